The van der Waals surface area contributed by atoms with Crippen LogP contribution in [0.3, 0.4) is 0 Å². The summed E-state index contributed by atoms with van der Waals surface area (Å²) in [5.74, 6) is -0.0985. The van der Waals surface area contributed by atoms with Gasteiger partial charge in [0.15, 0.2) is 5.78 Å². The quantitative estimate of drug-likeness (QED) is 0.710. The normalized spacial score (nSPS) is 13.2. The summed E-state index contributed by atoms with van der Waals surface area (Å²) < 4.78 is 24.6. The fourth-order valence-corrected chi connectivity index (χ4v) is 3.84. The molecular weight excluding hydrogens is 352 g/mol. The Labute approximate surface area is 150 Å². The number of carbonyl (C=O) groups excluding carboxylic acids is 1. The van der Waals surface area contributed by atoms with E-state index in [2.05, 4.69) is 10.1 Å². The summed E-state index contributed by atoms with van der Waals surface area (Å²) in [5.41, 5.74) is 4.94. The highest BCUT2D eigenvalue weighted by atomic mass is 32.2. The summed E-state index contributed by atoms with van der Waals surface area (Å²) in [6, 6.07) is 8.04. The number of hydrogen-bond acceptors (Lipinski definition) is 5. The average Bonchev–Trinajstić information content (AvgIpc) is 3.01. The van der Waals surface area contributed by atoms with Crippen LogP contribution in [0.1, 0.15) is 28.5 Å². The second-order valence-corrected chi connectivity index (χ2v) is 7.78. The number of rotatable bonds is 3. The van der Waals surface area contributed by atoms with Gasteiger partial charge in [0.2, 0.25) is 10.0 Å². The molecular formula is C18H16N4O3S. The molecule has 8 heteroatoms. The minimum absolute atomic E-state index is 0.0265. The summed E-state index contributed by atoms with van der Waals surface area (Å²) in [4.78, 5) is 16.3. The van der Waals surface area contributed by atoms with Crippen molar-refractivity contribution in [3.63, 3.8) is 0 Å². The maximum Gasteiger partial charge on any atom is 0.238 e. The number of Topliss-reactive ketones (excluding diaryl/α,β-unsaturated/α-hetero) is 1. The number of primary sulfonamides is 1. The van der Waals surface area contributed by atoms with Crippen molar-refractivity contribution in [2.45, 2.75) is 24.7 Å². The maximum atomic E-state index is 12.1. The molecule has 0 fully saturated rings. The van der Waals surface area contributed by atoms with Gasteiger partial charge < -0.3 is 0 Å². The van der Waals surface area contributed by atoms with Crippen LogP contribution < -0.4 is 5.14 Å². The van der Waals surface area contributed by atoms with Gasteiger partial charge in [0, 0.05) is 30.4 Å². The number of sulfonamides is 1. The topological polar surface area (TPSA) is 108 Å². The maximum absolute atomic E-state index is 12.1. The van der Waals surface area contributed by atoms with Crippen LogP contribution in [-0.4, -0.2) is 29.0 Å². The minimum Gasteiger partial charge on any atom is -0.293 e. The molecule has 0 saturated carbocycles. The molecule has 2 heterocycles. The molecule has 0 aliphatic heterocycles. The van der Waals surface area contributed by atoms with Gasteiger partial charge in [-0.15, -0.1) is 0 Å². The number of ketones is 1. The van der Waals surface area contributed by atoms with E-state index in [0.717, 1.165) is 28.8 Å². The van der Waals surface area contributed by atoms with Crippen LogP contribution in [0.25, 0.3) is 16.9 Å². The number of aryl methyl sites for hydroxylation is 1. The number of pyridine rings is 1. The Morgan fingerprint density at radius 3 is 2.54 bits per heavy atom. The number of fused-ring (bicyclic) bond motifs is 3. The van der Waals surface area contributed by atoms with Gasteiger partial charge in [-0.3, -0.25) is 9.78 Å². The molecule has 0 amide bonds. The molecule has 0 bridgehead atoms. The van der Waals surface area contributed by atoms with Crippen molar-refractivity contribution in [1.29, 1.82) is 0 Å². The van der Waals surface area contributed by atoms with Crippen LogP contribution in [0.4, 0.5) is 0 Å². The third-order valence-electron chi connectivity index (χ3n) is 4.53. The molecule has 0 spiro atoms. The van der Waals surface area contributed by atoms with Crippen LogP contribution in [-0.2, 0) is 22.9 Å². The Bertz CT molecular complexity index is 1130. The zero-order chi connectivity index (χ0) is 18.5. The molecule has 0 atom stereocenters. The molecule has 0 unspecified atom stereocenters. The smallest absolute Gasteiger partial charge is 0.238 e. The van der Waals surface area contributed by atoms with Crippen LogP contribution in [0.15, 0.2) is 47.6 Å². The second-order valence-electron chi connectivity index (χ2n) is 6.22. The number of benzene rings is 1. The van der Waals surface area contributed by atoms with E-state index in [4.69, 9.17) is 5.14 Å². The highest BCUT2D eigenvalue weighted by molar-refractivity contribution is 7.89. The van der Waals surface area contributed by atoms with Crippen molar-refractivity contribution in [2.75, 3.05) is 0 Å². The first-order valence-electron chi connectivity index (χ1n) is 8.05. The van der Waals surface area contributed by atoms with Crippen LogP contribution in [0.2, 0.25) is 0 Å². The third kappa shape index (κ3) is 2.63. The summed E-state index contributed by atoms with van der Waals surface area (Å²) >= 11 is 0. The summed E-state index contributed by atoms with van der Waals surface area (Å²) in [7, 11) is -3.77. The van der Waals surface area contributed by atoms with Gasteiger partial charge in [0.05, 0.1) is 16.3 Å². The van der Waals surface area contributed by atoms with Gasteiger partial charge >= 0.3 is 0 Å². The van der Waals surface area contributed by atoms with Crippen molar-refractivity contribution in [3.8, 4) is 16.9 Å². The molecule has 132 valence electrons. The number of hydrogen-bond donors (Lipinski definition) is 1. The minimum atomic E-state index is -3.77. The lowest BCUT2D eigenvalue weighted by atomic mass is 9.89. The summed E-state index contributed by atoms with van der Waals surface area (Å²) in [6.45, 7) is 1.50. The van der Waals surface area contributed by atoms with Gasteiger partial charge in [-0.25, -0.2) is 18.2 Å². The van der Waals surface area contributed by atoms with E-state index in [1.165, 1.54) is 19.1 Å². The Morgan fingerprint density at radius 2 is 1.88 bits per heavy atom. The molecule has 2 aromatic heterocycles. The van der Waals surface area contributed by atoms with E-state index < -0.39 is 10.0 Å². The van der Waals surface area contributed by atoms with E-state index in [1.54, 1.807) is 23.0 Å². The molecule has 0 radical (unpaired) electrons. The van der Waals surface area contributed by atoms with Crippen molar-refractivity contribution in [1.82, 2.24) is 14.8 Å². The lowest BCUT2D eigenvalue weighted by Crippen LogP contribution is -2.12. The number of nitrogens with zero attached hydrogens (tertiary/aromatic N) is 3. The van der Waals surface area contributed by atoms with Gasteiger partial charge in [0.1, 0.15) is 5.69 Å². The molecule has 2 N–H and O–H groups in total. The van der Waals surface area contributed by atoms with Crippen LogP contribution >= 0.6 is 0 Å². The lowest BCUT2D eigenvalue weighted by Gasteiger charge is -2.18. The average molecular weight is 368 g/mol. The zero-order valence-corrected chi connectivity index (χ0v) is 14.8. The predicted octanol–water partition coefficient (Wildman–Crippen LogP) is 1.88. The van der Waals surface area contributed by atoms with Gasteiger partial charge in [-0.05, 0) is 48.7 Å². The second kappa shape index (κ2) is 5.86. The summed E-state index contributed by atoms with van der Waals surface area (Å²) in [5, 5.41) is 9.68. The number of aromatic nitrogens is 3. The molecule has 1 aliphatic carbocycles. The van der Waals surface area contributed by atoms with Crippen molar-refractivity contribution in [3.05, 3.63) is 59.5 Å². The Kier molecular flexibility index (Phi) is 3.74. The van der Waals surface area contributed by atoms with Crippen molar-refractivity contribution >= 4 is 15.8 Å². The Balaban J connectivity index is 1.95. The highest BCUT2D eigenvalue weighted by Crippen LogP contribution is 2.36. The number of nitrogens with two attached hydrogens (primary N) is 1. The fourth-order valence-electron chi connectivity index (χ4n) is 3.33. The van der Waals surface area contributed by atoms with Crippen LogP contribution in [0.5, 0.6) is 0 Å². The molecule has 4 rings (SSSR count). The molecule has 0 saturated heterocycles. The molecule has 7 nitrogen and oxygen atoms in total. The van der Waals surface area contributed by atoms with Gasteiger partial charge in [-0.1, -0.05) is 0 Å². The molecule has 26 heavy (non-hydrogen) atoms. The van der Waals surface area contributed by atoms with E-state index >= 15 is 0 Å². The zero-order valence-electron chi connectivity index (χ0n) is 14.0. The molecule has 1 aromatic carbocycles. The third-order valence-corrected chi connectivity index (χ3v) is 5.46. The first-order chi connectivity index (χ1) is 12.4. The monoisotopic (exact) mass is 368 g/mol. The Morgan fingerprint density at radius 1 is 1.15 bits per heavy atom. The van der Waals surface area contributed by atoms with Crippen molar-refractivity contribution < 1.29 is 13.2 Å². The SMILES string of the molecule is CC(=O)c1nn(-c2ccc(S(N)(=O)=O)cc2)c2c1CCc1cnccc1-2. The first-order valence-corrected chi connectivity index (χ1v) is 9.60. The summed E-state index contributed by atoms with van der Waals surface area (Å²) in [6.07, 6.45) is 5.04. The van der Waals surface area contributed by atoms with Crippen molar-refractivity contribution in [2.24, 2.45) is 5.14 Å². The van der Waals surface area contributed by atoms with E-state index in [1.807, 2.05) is 12.3 Å². The molecule has 1 aliphatic rings. The van der Waals surface area contributed by atoms with E-state index in [-0.39, 0.29) is 10.7 Å². The van der Waals surface area contributed by atoms with Gasteiger partial charge in [0.25, 0.3) is 0 Å². The standard InChI is InChI=1S/C18H16N4O3S/c1-11(23)17-16-7-2-12-10-20-9-8-15(12)18(16)22(21-17)13-3-5-14(6-4-13)26(19,24)25/h3-6,8-10H,2,7H2,1H3,(H2,19,24,25). The lowest BCUT2D eigenvalue weighted by molar-refractivity contribution is 0.101. The predicted molar refractivity (Wildman–Crippen MR) is 95.6 cm³/mol. The Hall–Kier alpha value is -2.84. The first kappa shape index (κ1) is 16.6. The fraction of sp³-hybridized carbons (Fsp3) is 0.167. The van der Waals surface area contributed by atoms with E-state index in [9.17, 15) is 13.2 Å². The van der Waals surface area contributed by atoms with E-state index in [0.29, 0.717) is 17.8 Å². The highest BCUT2D eigenvalue weighted by Gasteiger charge is 2.27. The van der Waals surface area contributed by atoms with Gasteiger partial charge in [-0.2, -0.15) is 5.10 Å². The molecule has 3 aromatic rings. The number of carbonyl (C=O) groups is 1. The largest absolute Gasteiger partial charge is 0.293 e. The van der Waals surface area contributed by atoms with Crippen LogP contribution in [0, 0.1) is 0 Å².